The van der Waals surface area contributed by atoms with Crippen LogP contribution in [0.4, 0.5) is 0 Å². The predicted molar refractivity (Wildman–Crippen MR) is 111 cm³/mol. The Balaban J connectivity index is 1.79. The van der Waals surface area contributed by atoms with Crippen molar-refractivity contribution in [3.8, 4) is 28.6 Å². The molecule has 1 aliphatic rings. The third-order valence-corrected chi connectivity index (χ3v) is 5.27. The molecular weight excluding hydrogens is 424 g/mol. The molecule has 10 heteroatoms. The Morgan fingerprint density at radius 2 is 1.75 bits per heavy atom. The van der Waals surface area contributed by atoms with Crippen molar-refractivity contribution in [2.75, 3.05) is 13.7 Å². The van der Waals surface area contributed by atoms with Gasteiger partial charge in [0.25, 0.3) is 0 Å². The van der Waals surface area contributed by atoms with E-state index in [2.05, 4.69) is 0 Å². The number of benzene rings is 2. The van der Waals surface area contributed by atoms with Gasteiger partial charge in [0.05, 0.1) is 13.7 Å². The van der Waals surface area contributed by atoms with Crippen LogP contribution < -0.4 is 14.9 Å². The number of fused-ring (bicyclic) bond motifs is 1. The first kappa shape index (κ1) is 22.1. The Bertz CT molecular complexity index is 1160. The maximum Gasteiger partial charge on any atom is 0.229 e. The van der Waals surface area contributed by atoms with Gasteiger partial charge in [-0.2, -0.15) is 0 Å². The van der Waals surface area contributed by atoms with E-state index in [1.54, 1.807) is 24.3 Å². The Kier molecular flexibility index (Phi) is 6.04. The summed E-state index contributed by atoms with van der Waals surface area (Å²) in [5.74, 6) is -0.672. The minimum absolute atomic E-state index is 0.0192. The number of aliphatic hydroxyl groups is 4. The van der Waals surface area contributed by atoms with Crippen molar-refractivity contribution in [3.05, 3.63) is 52.7 Å². The van der Waals surface area contributed by atoms with Crippen molar-refractivity contribution in [2.45, 2.75) is 30.7 Å². The quantitative estimate of drug-likeness (QED) is 0.370. The zero-order valence-electron chi connectivity index (χ0n) is 16.9. The lowest BCUT2D eigenvalue weighted by atomic mass is 9.99. The summed E-state index contributed by atoms with van der Waals surface area (Å²) in [6.45, 7) is -0.639. The molecule has 0 saturated carbocycles. The molecule has 170 valence electrons. The second-order valence-electron chi connectivity index (χ2n) is 7.29. The molecule has 0 bridgehead atoms. The van der Waals surface area contributed by atoms with Crippen LogP contribution in [0.25, 0.3) is 22.3 Å². The maximum atomic E-state index is 12.7. The summed E-state index contributed by atoms with van der Waals surface area (Å²) in [4.78, 5) is 12.7. The number of rotatable bonds is 5. The minimum atomic E-state index is -1.68. The Hall–Kier alpha value is -3.15. The van der Waals surface area contributed by atoms with Crippen LogP contribution in [0.2, 0.25) is 0 Å². The van der Waals surface area contributed by atoms with Crippen LogP contribution in [0.1, 0.15) is 0 Å². The smallest absolute Gasteiger partial charge is 0.229 e. The van der Waals surface area contributed by atoms with Gasteiger partial charge >= 0.3 is 0 Å². The van der Waals surface area contributed by atoms with Gasteiger partial charge in [0.15, 0.2) is 16.9 Å². The second kappa shape index (κ2) is 8.77. The molecule has 1 aliphatic heterocycles. The third kappa shape index (κ3) is 3.78. The molecule has 0 amide bonds. The monoisotopic (exact) mass is 446 g/mol. The highest BCUT2D eigenvalue weighted by atomic mass is 16.7. The number of phenols is 1. The topological polar surface area (TPSA) is 159 Å². The summed E-state index contributed by atoms with van der Waals surface area (Å²) in [6, 6.07) is 11.4. The van der Waals surface area contributed by atoms with Gasteiger partial charge in [-0.3, -0.25) is 4.79 Å². The van der Waals surface area contributed by atoms with Gasteiger partial charge in [0.1, 0.15) is 41.1 Å². The van der Waals surface area contributed by atoms with Crippen LogP contribution >= 0.6 is 0 Å². The second-order valence-corrected chi connectivity index (χ2v) is 7.29. The molecule has 5 atom stereocenters. The normalized spacial score (nSPS) is 25.6. The molecule has 1 aromatic heterocycles. The van der Waals surface area contributed by atoms with Crippen LogP contribution in [-0.2, 0) is 4.74 Å². The fourth-order valence-electron chi connectivity index (χ4n) is 3.58. The number of ether oxygens (including phenoxy) is 3. The third-order valence-electron chi connectivity index (χ3n) is 5.27. The predicted octanol–water partition coefficient (Wildman–Crippen LogP) is 0.353. The first-order valence-electron chi connectivity index (χ1n) is 9.76. The highest BCUT2D eigenvalue weighted by Crippen LogP contribution is 2.43. The van der Waals surface area contributed by atoms with E-state index in [0.717, 1.165) is 0 Å². The highest BCUT2D eigenvalue weighted by molar-refractivity contribution is 5.89. The summed E-state index contributed by atoms with van der Waals surface area (Å²) in [5.41, 5.74) is 0.104. The standard InChI is InChI=1S/C22H22O10/c1-29-21-14(31-22-20(28)19(27)17(25)15(9-23)32-22)8-13-16(18(21)26)11(24)7-12(30-13)10-5-3-2-4-6-10/h2-8,15,17,19-20,22-23,25-28H,9H2,1H3/t15?,17-,19+,20?,22-/m1/s1. The van der Waals surface area contributed by atoms with Gasteiger partial charge in [0.2, 0.25) is 12.0 Å². The summed E-state index contributed by atoms with van der Waals surface area (Å²) in [5, 5.41) is 50.0. The van der Waals surface area contributed by atoms with Crippen LogP contribution in [0.15, 0.2) is 51.7 Å². The van der Waals surface area contributed by atoms with Crippen molar-refractivity contribution in [1.29, 1.82) is 0 Å². The number of aliphatic hydroxyl groups excluding tert-OH is 4. The molecule has 0 aliphatic carbocycles. The van der Waals surface area contributed by atoms with Crippen molar-refractivity contribution in [2.24, 2.45) is 0 Å². The zero-order valence-corrected chi connectivity index (χ0v) is 16.9. The lowest BCUT2D eigenvalue weighted by Crippen LogP contribution is -2.60. The Morgan fingerprint density at radius 3 is 2.41 bits per heavy atom. The Morgan fingerprint density at radius 1 is 1.03 bits per heavy atom. The molecule has 2 heterocycles. The van der Waals surface area contributed by atoms with E-state index < -0.39 is 48.5 Å². The summed E-state index contributed by atoms with van der Waals surface area (Å²) < 4.78 is 22.0. The van der Waals surface area contributed by atoms with Gasteiger partial charge in [-0.15, -0.1) is 0 Å². The summed E-state index contributed by atoms with van der Waals surface area (Å²) in [6.07, 6.45) is -7.62. The minimum Gasteiger partial charge on any atom is -0.504 e. The fourth-order valence-corrected chi connectivity index (χ4v) is 3.58. The molecule has 5 N–H and O–H groups in total. The molecular formula is C22H22O10. The van der Waals surface area contributed by atoms with Crippen molar-refractivity contribution in [1.82, 2.24) is 0 Å². The lowest BCUT2D eigenvalue weighted by Gasteiger charge is -2.39. The first-order valence-corrected chi connectivity index (χ1v) is 9.76. The fraction of sp³-hybridized carbons (Fsp3) is 0.318. The SMILES string of the molecule is COc1c(O[C@@H]2OC(CO)[C@@H](O)[C@H](O)C2O)cc2oc(-c3ccccc3)cc(=O)c2c1O. The molecule has 1 fully saturated rings. The molecule has 0 spiro atoms. The molecule has 1 saturated heterocycles. The van der Waals surface area contributed by atoms with Crippen LogP contribution in [0, 0.1) is 0 Å². The van der Waals surface area contributed by atoms with Crippen molar-refractivity contribution >= 4 is 11.0 Å². The molecule has 4 rings (SSSR count). The number of phenolic OH excluding ortho intramolecular Hbond substituents is 1. The number of hydrogen-bond donors (Lipinski definition) is 5. The van der Waals surface area contributed by atoms with Gasteiger partial charge in [-0.25, -0.2) is 0 Å². The van der Waals surface area contributed by atoms with E-state index in [-0.39, 0.29) is 28.2 Å². The lowest BCUT2D eigenvalue weighted by molar-refractivity contribution is -0.277. The van der Waals surface area contributed by atoms with E-state index in [4.69, 9.17) is 18.6 Å². The van der Waals surface area contributed by atoms with Gasteiger partial charge in [-0.05, 0) is 0 Å². The van der Waals surface area contributed by atoms with Crippen LogP contribution in [0.3, 0.4) is 0 Å². The molecule has 2 aromatic carbocycles. The average molecular weight is 446 g/mol. The first-order chi connectivity index (χ1) is 15.3. The Labute approximate surface area is 181 Å². The number of methoxy groups -OCH3 is 1. The maximum absolute atomic E-state index is 12.7. The van der Waals surface area contributed by atoms with E-state index in [0.29, 0.717) is 5.56 Å². The molecule has 2 unspecified atom stereocenters. The van der Waals surface area contributed by atoms with Crippen molar-refractivity contribution in [3.63, 3.8) is 0 Å². The summed E-state index contributed by atoms with van der Waals surface area (Å²) >= 11 is 0. The number of hydrogen-bond acceptors (Lipinski definition) is 10. The van der Waals surface area contributed by atoms with E-state index >= 15 is 0 Å². The molecule has 32 heavy (non-hydrogen) atoms. The van der Waals surface area contributed by atoms with Crippen molar-refractivity contribution < 1.29 is 44.2 Å². The van der Waals surface area contributed by atoms with E-state index in [9.17, 15) is 30.3 Å². The van der Waals surface area contributed by atoms with Crippen LogP contribution in [-0.4, -0.2) is 70.0 Å². The number of aromatic hydroxyl groups is 1. The average Bonchev–Trinajstić information content (AvgIpc) is 2.79. The zero-order chi connectivity index (χ0) is 23.0. The van der Waals surface area contributed by atoms with Gasteiger partial charge in [0, 0.05) is 17.7 Å². The van der Waals surface area contributed by atoms with E-state index in [1.165, 1.54) is 19.2 Å². The van der Waals surface area contributed by atoms with Gasteiger partial charge in [-0.1, -0.05) is 30.3 Å². The van der Waals surface area contributed by atoms with Gasteiger partial charge < -0.3 is 44.2 Å². The molecule has 3 aromatic rings. The van der Waals surface area contributed by atoms with E-state index in [1.807, 2.05) is 6.07 Å². The molecule has 0 radical (unpaired) electrons. The highest BCUT2D eigenvalue weighted by Gasteiger charge is 2.45. The molecule has 10 nitrogen and oxygen atoms in total. The summed E-state index contributed by atoms with van der Waals surface area (Å²) in [7, 11) is 1.24. The largest absolute Gasteiger partial charge is 0.504 e. The van der Waals surface area contributed by atoms with Crippen LogP contribution in [0.5, 0.6) is 17.2 Å².